The van der Waals surface area contributed by atoms with Crippen LogP contribution in [0.2, 0.25) is 0 Å². The summed E-state index contributed by atoms with van der Waals surface area (Å²) in [5.74, 6) is -4.27. The van der Waals surface area contributed by atoms with Gasteiger partial charge in [-0.05, 0) is 72.2 Å². The molecule has 2 aliphatic carbocycles. The summed E-state index contributed by atoms with van der Waals surface area (Å²) in [4.78, 5) is 86.5. The molecule has 338 valence electrons. The van der Waals surface area contributed by atoms with Crippen molar-refractivity contribution < 1.29 is 28.8 Å². The molecule has 0 aromatic heterocycles. The number of rotatable bonds is 16. The van der Waals surface area contributed by atoms with Crippen molar-refractivity contribution in [3.63, 3.8) is 0 Å². The lowest BCUT2D eigenvalue weighted by Crippen LogP contribution is -2.42. The normalized spacial score (nSPS) is 23.9. The molecule has 66 heavy (non-hydrogen) atoms. The van der Waals surface area contributed by atoms with Crippen LogP contribution < -0.4 is 21.3 Å². The molecule has 4 aliphatic rings. The third kappa shape index (κ3) is 10.4. The third-order valence-corrected chi connectivity index (χ3v) is 13.7. The maximum Gasteiger partial charge on any atom is 0.253 e. The first-order valence-electron chi connectivity index (χ1n) is 23.2. The molecule has 8 atom stereocenters. The SMILES string of the molecule is O=C(NCCc1ccccc1)C1CN(C(=O)c2ccc(C(=O)N3C[C@@H](C(=O)NCCc4ccccc4)[C@H](C(=O)N[C@@H]4C[C@H]4c4ccccc4)C3)cc2)CC1C(=O)N[C@@H]1C[C@H]1c1ccccc1. The average Bonchev–Trinajstić information content (AvgIpc) is 4.20. The number of nitrogens with zero attached hydrogens (tertiary/aromatic N) is 2. The Hall–Kier alpha value is -7.08. The summed E-state index contributed by atoms with van der Waals surface area (Å²) in [6.45, 7) is 1.08. The number of carbonyl (C=O) groups excluding carboxylic acids is 6. The van der Waals surface area contributed by atoms with Crippen LogP contribution in [0.5, 0.6) is 0 Å². The molecule has 5 aromatic carbocycles. The van der Waals surface area contributed by atoms with E-state index in [0.29, 0.717) is 37.1 Å². The largest absolute Gasteiger partial charge is 0.355 e. The number of hydrogen-bond donors (Lipinski definition) is 4. The lowest BCUT2D eigenvalue weighted by atomic mass is 9.94. The van der Waals surface area contributed by atoms with Crippen LogP contribution >= 0.6 is 0 Å². The third-order valence-electron chi connectivity index (χ3n) is 13.7. The van der Waals surface area contributed by atoms with Crippen molar-refractivity contribution in [2.45, 2.75) is 49.6 Å². The number of benzene rings is 5. The molecular formula is C54H56N6O6. The lowest BCUT2D eigenvalue weighted by Gasteiger charge is -2.18. The highest BCUT2D eigenvalue weighted by atomic mass is 16.2. The Morgan fingerprint density at radius 1 is 0.409 bits per heavy atom. The highest BCUT2D eigenvalue weighted by Crippen LogP contribution is 2.42. The van der Waals surface area contributed by atoms with Crippen molar-refractivity contribution in [2.75, 3.05) is 39.3 Å². The van der Waals surface area contributed by atoms with Gasteiger partial charge in [-0.25, -0.2) is 0 Å². The maximum absolute atomic E-state index is 14.1. The second kappa shape index (κ2) is 20.0. The van der Waals surface area contributed by atoms with E-state index in [1.807, 2.05) is 97.1 Å². The molecule has 0 radical (unpaired) electrons. The molecule has 6 amide bonds. The van der Waals surface area contributed by atoms with E-state index >= 15 is 0 Å². The minimum atomic E-state index is -0.743. The quantitative estimate of drug-likeness (QED) is 0.108. The minimum Gasteiger partial charge on any atom is -0.355 e. The highest BCUT2D eigenvalue weighted by molar-refractivity contribution is 6.00. The molecule has 0 spiro atoms. The fraction of sp³-hybridized carbons (Fsp3) is 0.333. The number of carbonyl (C=O) groups is 6. The van der Waals surface area contributed by atoms with Crippen LogP contribution in [0, 0.1) is 23.7 Å². The molecule has 4 N–H and O–H groups in total. The van der Waals surface area contributed by atoms with Gasteiger partial charge in [-0.1, -0.05) is 121 Å². The molecule has 0 bridgehead atoms. The summed E-state index contributed by atoms with van der Waals surface area (Å²) < 4.78 is 0. The van der Waals surface area contributed by atoms with E-state index in [4.69, 9.17) is 0 Å². The molecule has 2 saturated heterocycles. The van der Waals surface area contributed by atoms with Crippen LogP contribution in [0.3, 0.4) is 0 Å². The van der Waals surface area contributed by atoms with E-state index in [1.54, 1.807) is 34.1 Å². The first-order valence-corrected chi connectivity index (χ1v) is 23.2. The van der Waals surface area contributed by atoms with Gasteiger partial charge >= 0.3 is 0 Å². The molecule has 2 heterocycles. The minimum absolute atomic E-state index is 0.0358. The number of nitrogens with one attached hydrogen (secondary N) is 4. The predicted molar refractivity (Wildman–Crippen MR) is 250 cm³/mol. The van der Waals surface area contributed by atoms with Gasteiger partial charge in [-0.2, -0.15) is 0 Å². The van der Waals surface area contributed by atoms with E-state index in [9.17, 15) is 28.8 Å². The molecule has 2 saturated carbocycles. The Bertz CT molecular complexity index is 2350. The summed E-state index contributed by atoms with van der Waals surface area (Å²) >= 11 is 0. The molecule has 12 heteroatoms. The van der Waals surface area contributed by atoms with E-state index in [0.717, 1.165) is 35.1 Å². The lowest BCUT2D eigenvalue weighted by molar-refractivity contribution is -0.133. The van der Waals surface area contributed by atoms with Crippen LogP contribution in [0.1, 0.15) is 67.6 Å². The number of likely N-dealkylation sites (tertiary alicyclic amines) is 2. The monoisotopic (exact) mass is 884 g/mol. The van der Waals surface area contributed by atoms with Crippen LogP contribution in [-0.4, -0.2) is 96.6 Å². The van der Waals surface area contributed by atoms with Crippen LogP contribution in [-0.2, 0) is 32.0 Å². The van der Waals surface area contributed by atoms with Crippen molar-refractivity contribution in [1.29, 1.82) is 0 Å². The van der Waals surface area contributed by atoms with E-state index in [2.05, 4.69) is 45.5 Å². The van der Waals surface area contributed by atoms with Crippen molar-refractivity contribution in [3.05, 3.63) is 179 Å². The van der Waals surface area contributed by atoms with Crippen LogP contribution in [0.25, 0.3) is 0 Å². The first-order chi connectivity index (χ1) is 32.2. The molecule has 4 fully saturated rings. The van der Waals surface area contributed by atoms with Gasteiger partial charge in [-0.3, -0.25) is 28.8 Å². The maximum atomic E-state index is 14.1. The fourth-order valence-corrected chi connectivity index (χ4v) is 9.76. The predicted octanol–water partition coefficient (Wildman–Crippen LogP) is 5.13. The Labute approximate surface area is 385 Å². The van der Waals surface area contributed by atoms with E-state index in [-0.39, 0.29) is 85.5 Å². The second-order valence-corrected chi connectivity index (χ2v) is 18.2. The number of amides is 6. The van der Waals surface area contributed by atoms with Crippen molar-refractivity contribution in [3.8, 4) is 0 Å². The van der Waals surface area contributed by atoms with Gasteiger partial charge in [0.2, 0.25) is 23.6 Å². The van der Waals surface area contributed by atoms with E-state index in [1.165, 1.54) is 0 Å². The zero-order valence-electron chi connectivity index (χ0n) is 36.9. The molecule has 12 nitrogen and oxygen atoms in total. The Kier molecular flexibility index (Phi) is 13.4. The molecule has 2 unspecified atom stereocenters. The zero-order valence-corrected chi connectivity index (χ0v) is 36.9. The van der Waals surface area contributed by atoms with Gasteiger partial charge in [0.15, 0.2) is 0 Å². The fourth-order valence-electron chi connectivity index (χ4n) is 9.76. The molecule has 5 aromatic rings. The molecule has 9 rings (SSSR count). The first kappa shape index (κ1) is 44.1. The summed E-state index contributed by atoms with van der Waals surface area (Å²) in [6, 6.07) is 46.0. The highest BCUT2D eigenvalue weighted by Gasteiger charge is 2.48. The summed E-state index contributed by atoms with van der Waals surface area (Å²) in [5, 5.41) is 12.4. The smallest absolute Gasteiger partial charge is 0.253 e. The van der Waals surface area contributed by atoms with Crippen molar-refractivity contribution in [2.24, 2.45) is 23.7 Å². The Morgan fingerprint density at radius 3 is 1.08 bits per heavy atom. The van der Waals surface area contributed by atoms with Crippen molar-refractivity contribution in [1.82, 2.24) is 31.1 Å². The summed E-state index contributed by atoms with van der Waals surface area (Å²) in [5.41, 5.74) is 5.10. The summed E-state index contributed by atoms with van der Waals surface area (Å²) in [7, 11) is 0. The molecule has 2 aliphatic heterocycles. The van der Waals surface area contributed by atoms with Gasteiger partial charge < -0.3 is 31.1 Å². The van der Waals surface area contributed by atoms with Crippen molar-refractivity contribution >= 4 is 35.4 Å². The Morgan fingerprint density at radius 2 is 0.727 bits per heavy atom. The van der Waals surface area contributed by atoms with Crippen LogP contribution in [0.15, 0.2) is 146 Å². The standard InChI is InChI=1S/C54H56N6O6/c61-49(55-27-25-35-13-5-1-6-14-35)43-31-59(33-45(43)51(63)57-47-29-41(47)37-17-9-3-10-18-37)53(65)39-21-23-40(24-22-39)54(66)60-32-44(50(62)56-28-26-36-15-7-2-8-16-36)46(34-60)52(64)58-48-30-42(48)38-19-11-4-12-20-38/h1-24,41-48H,25-34H2,(H,55,61)(H,56,62)(H,57,63)(H,58,64)/t41-,42-,43+,44?,45+,46?,47+,48+/m0/s1. The molecular weight excluding hydrogens is 829 g/mol. The topological polar surface area (TPSA) is 157 Å². The van der Waals surface area contributed by atoms with Gasteiger partial charge in [0, 0.05) is 74.3 Å². The number of hydrogen-bond acceptors (Lipinski definition) is 6. The van der Waals surface area contributed by atoms with Gasteiger partial charge in [0.25, 0.3) is 11.8 Å². The van der Waals surface area contributed by atoms with Gasteiger partial charge in [0.1, 0.15) is 0 Å². The van der Waals surface area contributed by atoms with Gasteiger partial charge in [-0.15, -0.1) is 0 Å². The second-order valence-electron chi connectivity index (χ2n) is 18.2. The summed E-state index contributed by atoms with van der Waals surface area (Å²) in [6.07, 6.45) is 2.89. The Balaban J connectivity index is 0.849. The van der Waals surface area contributed by atoms with E-state index < -0.39 is 23.7 Å². The van der Waals surface area contributed by atoms with Gasteiger partial charge in [0.05, 0.1) is 23.7 Å². The zero-order chi connectivity index (χ0) is 45.6. The van der Waals surface area contributed by atoms with Crippen LogP contribution in [0.4, 0.5) is 0 Å². The average molecular weight is 885 g/mol.